The van der Waals surface area contributed by atoms with Crippen molar-refractivity contribution in [3.8, 4) is 0 Å². The molecule has 0 aliphatic heterocycles. The molecule has 17 aromatic rings. The van der Waals surface area contributed by atoms with Gasteiger partial charge in [0.05, 0.1) is 33.1 Å². The van der Waals surface area contributed by atoms with Crippen LogP contribution in [0.4, 0.5) is 68.2 Å². The molecule has 6 nitrogen and oxygen atoms in total. The lowest BCUT2D eigenvalue weighted by molar-refractivity contribution is 0.590. The zero-order valence-corrected chi connectivity index (χ0v) is 73.1. The van der Waals surface area contributed by atoms with Gasteiger partial charge in [0, 0.05) is 111 Å². The lowest BCUT2D eigenvalue weighted by Crippen LogP contribution is -2.14. The monoisotopic (exact) mass is 1520 g/mol. The molecule has 0 fully saturated rings. The number of aromatic nitrogens is 2. The first-order chi connectivity index (χ1) is 54.5. The summed E-state index contributed by atoms with van der Waals surface area (Å²) in [6.45, 7) is 55.3. The molecule has 17 rings (SSSR count). The number of anilines is 12. The van der Waals surface area contributed by atoms with Crippen LogP contribution in [-0.2, 0) is 43.3 Å². The van der Waals surface area contributed by atoms with Gasteiger partial charge < -0.3 is 28.4 Å². The Balaban J connectivity index is 0.978. The zero-order valence-electron chi connectivity index (χ0n) is 73.1. The molecular formula is C110H116N6. The molecule has 0 N–H and O–H groups in total. The molecule has 116 heavy (non-hydrogen) atoms. The second-order valence-electron chi connectivity index (χ2n) is 41.5. The molecule has 4 heterocycles. The van der Waals surface area contributed by atoms with Crippen molar-refractivity contribution in [1.82, 2.24) is 8.80 Å². The highest BCUT2D eigenvalue weighted by Crippen LogP contribution is 2.53. The first-order valence-electron chi connectivity index (χ1n) is 42.0. The Morgan fingerprint density at radius 3 is 0.466 bits per heavy atom. The van der Waals surface area contributed by atoms with Crippen LogP contribution >= 0.6 is 0 Å². The van der Waals surface area contributed by atoms with E-state index in [0.717, 1.165) is 79.3 Å². The molecule has 0 spiro atoms. The second-order valence-corrected chi connectivity index (χ2v) is 41.5. The fourth-order valence-corrected chi connectivity index (χ4v) is 17.7. The van der Waals surface area contributed by atoms with E-state index in [-0.39, 0.29) is 43.3 Å². The molecule has 0 aliphatic carbocycles. The van der Waals surface area contributed by atoms with Gasteiger partial charge in [0.25, 0.3) is 0 Å². The molecule has 0 atom stereocenters. The highest BCUT2D eigenvalue weighted by molar-refractivity contribution is 6.30. The van der Waals surface area contributed by atoms with Gasteiger partial charge in [0.1, 0.15) is 0 Å². The first-order valence-corrected chi connectivity index (χ1v) is 42.0. The molecule has 4 aromatic heterocycles. The lowest BCUT2D eigenvalue weighted by Gasteiger charge is -2.28. The van der Waals surface area contributed by atoms with Crippen molar-refractivity contribution in [2.45, 2.75) is 209 Å². The number of rotatable bonds is 12. The molecule has 13 aromatic carbocycles. The van der Waals surface area contributed by atoms with Crippen LogP contribution in [0.1, 0.15) is 211 Å². The molecule has 0 amide bonds. The highest BCUT2D eigenvalue weighted by Gasteiger charge is 2.31. The number of benzene rings is 13. The Hall–Kier alpha value is -11.3. The van der Waals surface area contributed by atoms with E-state index >= 15 is 0 Å². The van der Waals surface area contributed by atoms with Crippen LogP contribution in [0.25, 0.3) is 76.2 Å². The predicted molar refractivity (Wildman–Crippen MR) is 504 cm³/mol. The van der Waals surface area contributed by atoms with Gasteiger partial charge in [-0.1, -0.05) is 263 Å². The Labute approximate surface area is 689 Å². The van der Waals surface area contributed by atoms with Gasteiger partial charge in [-0.15, -0.1) is 0 Å². The Bertz CT molecular complexity index is 5920. The number of nitrogens with zero attached hydrogens (tertiary/aromatic N) is 6. The van der Waals surface area contributed by atoms with Crippen molar-refractivity contribution >= 4 is 144 Å². The van der Waals surface area contributed by atoms with E-state index in [1.54, 1.807) is 0 Å². The quantitative estimate of drug-likeness (QED) is 0.122. The highest BCUT2D eigenvalue weighted by atomic mass is 15.2. The van der Waals surface area contributed by atoms with Crippen molar-refractivity contribution in [2.75, 3.05) is 19.6 Å². The number of hydrogen-bond acceptors (Lipinski definition) is 4. The van der Waals surface area contributed by atoms with Gasteiger partial charge in [-0.2, -0.15) is 0 Å². The third-order valence-electron chi connectivity index (χ3n) is 24.8. The van der Waals surface area contributed by atoms with Gasteiger partial charge in [-0.25, -0.2) is 0 Å². The fraction of sp³-hybridized carbons (Fsp3) is 0.291. The standard InChI is InChI=1S/C110H116N6/c1-103(2,3)69-25-41-77(42-26-69)111(78-43-27-70(28-44-78)104(4,5)6)85-57-59-97-89(61-85)93-63-87(113(81-49-33-73(34-50-81)107(13,14)15)82-51-35-74(36-52-82)108(16,17)18)65-95-91-68-100-92(67-99(91)115(97)101(93)95)96-66-88(114(83-53-37-75(38-54-83)109(19,20)21)84-55-39-76(40-56-84)110(22,23)24)64-94-90-62-86(58-60-98(90)116(100)102(94)96)112(79-45-29-71(30-46-79)105(7,8)9)80-47-31-72(32-48-80)106(10,11)12/h25-68H,1-24H3. The van der Waals surface area contributed by atoms with E-state index in [1.807, 2.05) is 0 Å². The summed E-state index contributed by atoms with van der Waals surface area (Å²) < 4.78 is 5.22. The molecule has 0 unspecified atom stereocenters. The summed E-state index contributed by atoms with van der Waals surface area (Å²) in [6, 6.07) is 104. The summed E-state index contributed by atoms with van der Waals surface area (Å²) in [6.07, 6.45) is 0. The molecule has 6 heteroatoms. The third kappa shape index (κ3) is 13.7. The van der Waals surface area contributed by atoms with Crippen LogP contribution in [0.5, 0.6) is 0 Å². The van der Waals surface area contributed by atoms with Gasteiger partial charge in [0.2, 0.25) is 0 Å². The maximum Gasteiger partial charge on any atom is 0.0622 e. The molecule has 586 valence electrons. The van der Waals surface area contributed by atoms with E-state index in [9.17, 15) is 0 Å². The third-order valence-corrected chi connectivity index (χ3v) is 24.8. The van der Waals surface area contributed by atoms with E-state index < -0.39 is 0 Å². The van der Waals surface area contributed by atoms with Crippen molar-refractivity contribution in [3.05, 3.63) is 311 Å². The zero-order chi connectivity index (χ0) is 82.2. The van der Waals surface area contributed by atoms with E-state index in [2.05, 4.69) is 461 Å². The van der Waals surface area contributed by atoms with Crippen LogP contribution in [-0.4, -0.2) is 8.80 Å². The minimum atomic E-state index is -0.0301. The van der Waals surface area contributed by atoms with Crippen molar-refractivity contribution in [1.29, 1.82) is 0 Å². The summed E-state index contributed by atoms with van der Waals surface area (Å²) in [4.78, 5) is 9.94. The van der Waals surface area contributed by atoms with E-state index in [1.165, 1.54) is 110 Å². The maximum absolute atomic E-state index is 2.61. The summed E-state index contributed by atoms with van der Waals surface area (Å²) in [7, 11) is 0. The maximum atomic E-state index is 2.61. The minimum Gasteiger partial charge on any atom is -0.310 e. The Kier molecular flexibility index (Phi) is 18.1. The summed E-state index contributed by atoms with van der Waals surface area (Å²) in [5.74, 6) is 0. The Morgan fingerprint density at radius 1 is 0.147 bits per heavy atom. The van der Waals surface area contributed by atoms with Crippen LogP contribution in [0, 0.1) is 0 Å². The average molecular weight is 1520 g/mol. The van der Waals surface area contributed by atoms with Gasteiger partial charge in [-0.3, -0.25) is 0 Å². The summed E-state index contributed by atoms with van der Waals surface area (Å²) in [5.41, 5.74) is 30.5. The summed E-state index contributed by atoms with van der Waals surface area (Å²) in [5, 5.41) is 9.56. The molecule has 0 radical (unpaired) electrons. The van der Waals surface area contributed by atoms with Gasteiger partial charge in [0.15, 0.2) is 0 Å². The van der Waals surface area contributed by atoms with Crippen LogP contribution < -0.4 is 19.6 Å². The van der Waals surface area contributed by atoms with E-state index in [0.29, 0.717) is 0 Å². The fourth-order valence-electron chi connectivity index (χ4n) is 17.7. The topological polar surface area (TPSA) is 21.8 Å². The number of fused-ring (bicyclic) bond motifs is 12. The lowest BCUT2D eigenvalue weighted by atomic mass is 9.86. The molecule has 0 bridgehead atoms. The molecule has 0 aliphatic rings. The van der Waals surface area contributed by atoms with Crippen molar-refractivity contribution in [2.24, 2.45) is 0 Å². The molecular weight excluding hydrogens is 1410 g/mol. The van der Waals surface area contributed by atoms with Crippen LogP contribution in [0.2, 0.25) is 0 Å². The van der Waals surface area contributed by atoms with Gasteiger partial charge in [-0.05, 0) is 258 Å². The SMILES string of the molecule is CC(C)(C)c1ccc(N(c2ccc(C(C)(C)C)cc2)c2ccc3c(c2)c2cc(N(c4ccc(C(C)(C)C)cc4)c4ccc(C(C)(C)C)cc4)cc4c5cc6c(cc5n3c24)c2cc(N(c3ccc(C(C)(C)C)cc3)c3ccc(C(C)(C)C)cc3)cc3c4cc(N(c5ccc(C(C)(C)C)cc5)c5ccc(C(C)(C)C)cc5)ccc4n6c32)cc1. The smallest absolute Gasteiger partial charge is 0.0622 e. The van der Waals surface area contributed by atoms with E-state index in [4.69, 9.17) is 0 Å². The normalized spacial score (nSPS) is 13.2. The second kappa shape index (κ2) is 27.1. The molecule has 0 saturated carbocycles. The Morgan fingerprint density at radius 2 is 0.293 bits per heavy atom. The largest absolute Gasteiger partial charge is 0.310 e. The first kappa shape index (κ1) is 77.2. The predicted octanol–water partition coefficient (Wildman–Crippen LogP) is 32.2. The van der Waals surface area contributed by atoms with Crippen LogP contribution in [0.3, 0.4) is 0 Å². The molecule has 0 saturated heterocycles. The number of hydrogen-bond donors (Lipinski definition) is 0. The average Bonchev–Trinajstić information content (AvgIpc) is 1.51. The van der Waals surface area contributed by atoms with Crippen molar-refractivity contribution in [3.63, 3.8) is 0 Å². The summed E-state index contributed by atoms with van der Waals surface area (Å²) >= 11 is 0. The van der Waals surface area contributed by atoms with Crippen LogP contribution in [0.15, 0.2) is 267 Å². The van der Waals surface area contributed by atoms with Gasteiger partial charge >= 0.3 is 0 Å². The minimum absolute atomic E-state index is 0.00731. The van der Waals surface area contributed by atoms with Crippen molar-refractivity contribution < 1.29 is 0 Å².